The second-order valence-corrected chi connectivity index (χ2v) is 8.27. The normalized spacial score (nSPS) is 14.7. The predicted molar refractivity (Wildman–Crippen MR) is 121 cm³/mol. The molecule has 2 aromatic carbocycles. The number of carbonyl (C=O) groups is 1. The number of hydrogen-bond donors (Lipinski definition) is 2. The maximum Gasteiger partial charge on any atom is 0.258 e. The molecule has 3 aromatic rings. The van der Waals surface area contributed by atoms with Crippen molar-refractivity contribution in [3.05, 3.63) is 53.1 Å². The van der Waals surface area contributed by atoms with Crippen LogP contribution < -0.4 is 10.1 Å². The third kappa shape index (κ3) is 4.89. The van der Waals surface area contributed by atoms with Crippen molar-refractivity contribution in [2.45, 2.75) is 51.7 Å². The number of rotatable bonds is 8. The fourth-order valence-corrected chi connectivity index (χ4v) is 4.08. The summed E-state index contributed by atoms with van der Waals surface area (Å²) in [6, 6.07) is 13.2. The van der Waals surface area contributed by atoms with Crippen molar-refractivity contribution in [1.29, 1.82) is 5.26 Å². The summed E-state index contributed by atoms with van der Waals surface area (Å²) in [6.07, 6.45) is 2.31. The number of fused-ring (bicyclic) bond motifs is 1. The maximum atomic E-state index is 12.1. The molecule has 1 aliphatic carbocycles. The van der Waals surface area contributed by atoms with Gasteiger partial charge in [-0.05, 0) is 62.4 Å². The van der Waals surface area contributed by atoms with Gasteiger partial charge in [0.25, 0.3) is 5.89 Å². The lowest BCUT2D eigenvalue weighted by atomic mass is 10.0. The first kappa shape index (κ1) is 22.5. The van der Waals surface area contributed by atoms with Crippen molar-refractivity contribution >= 4 is 5.91 Å². The Hall–Kier alpha value is -3.70. The number of nitriles is 1. The van der Waals surface area contributed by atoms with Crippen molar-refractivity contribution < 1.29 is 19.2 Å². The molecule has 0 aliphatic heterocycles. The molecule has 0 fully saturated rings. The Balaban J connectivity index is 1.58. The zero-order valence-corrected chi connectivity index (χ0v) is 18.7. The smallest absolute Gasteiger partial charge is 0.258 e. The number of carbonyl (C=O) groups excluding carboxylic acids is 1. The Labute approximate surface area is 192 Å². The minimum absolute atomic E-state index is 0.00230. The Morgan fingerprint density at radius 3 is 2.97 bits per heavy atom. The quantitative estimate of drug-likeness (QED) is 0.537. The summed E-state index contributed by atoms with van der Waals surface area (Å²) in [5.74, 6) is 1.24. The second kappa shape index (κ2) is 9.84. The number of aliphatic hydroxyl groups is 1. The van der Waals surface area contributed by atoms with Gasteiger partial charge < -0.3 is 19.7 Å². The second-order valence-electron chi connectivity index (χ2n) is 8.27. The largest absolute Gasteiger partial charge is 0.490 e. The van der Waals surface area contributed by atoms with Gasteiger partial charge in [-0.25, -0.2) is 0 Å². The van der Waals surface area contributed by atoms with Gasteiger partial charge >= 0.3 is 0 Å². The van der Waals surface area contributed by atoms with Crippen LogP contribution in [0.25, 0.3) is 22.8 Å². The van der Waals surface area contributed by atoms with Gasteiger partial charge in [0.2, 0.25) is 11.7 Å². The van der Waals surface area contributed by atoms with E-state index in [0.717, 1.165) is 29.5 Å². The Morgan fingerprint density at radius 1 is 1.36 bits per heavy atom. The third-order valence-corrected chi connectivity index (χ3v) is 5.54. The molecule has 1 atom stereocenters. The zero-order valence-electron chi connectivity index (χ0n) is 18.7. The Kier molecular flexibility index (Phi) is 6.71. The van der Waals surface area contributed by atoms with Gasteiger partial charge in [-0.15, -0.1) is 0 Å². The van der Waals surface area contributed by atoms with Gasteiger partial charge in [0.05, 0.1) is 17.7 Å². The van der Waals surface area contributed by atoms with Crippen LogP contribution in [0.2, 0.25) is 0 Å². The van der Waals surface area contributed by atoms with Crippen molar-refractivity contribution in [1.82, 2.24) is 15.5 Å². The van der Waals surface area contributed by atoms with Crippen LogP contribution in [0.3, 0.4) is 0 Å². The standard InChI is InChI=1S/C25H26N4O4/c1-15(2)32-22-11-8-16(13-17(22)14-26)25-28-24(29-33-25)20-6-3-5-19-18(20)9-10-21(19)27-23(31)7-4-12-30/h3,5-6,8,11,13,15,21,30H,4,7,9-10,12H2,1-2H3,(H,27,31)/t21-/m0/s1. The molecule has 0 spiro atoms. The first-order valence-corrected chi connectivity index (χ1v) is 11.1. The molecule has 0 radical (unpaired) electrons. The van der Waals surface area contributed by atoms with Gasteiger partial charge in [0.15, 0.2) is 0 Å². The molecule has 1 heterocycles. The first-order valence-electron chi connectivity index (χ1n) is 11.1. The van der Waals surface area contributed by atoms with Crippen molar-refractivity contribution in [2.24, 2.45) is 0 Å². The highest BCUT2D eigenvalue weighted by molar-refractivity contribution is 5.77. The van der Waals surface area contributed by atoms with Crippen LogP contribution in [0.15, 0.2) is 40.9 Å². The molecule has 1 aliphatic rings. The van der Waals surface area contributed by atoms with Gasteiger partial charge in [-0.3, -0.25) is 4.79 Å². The van der Waals surface area contributed by atoms with Gasteiger partial charge in [0.1, 0.15) is 11.8 Å². The lowest BCUT2D eigenvalue weighted by Gasteiger charge is -2.14. The van der Waals surface area contributed by atoms with Crippen LogP contribution in [0.1, 0.15) is 55.8 Å². The molecule has 1 amide bonds. The summed E-state index contributed by atoms with van der Waals surface area (Å²) in [5, 5.41) is 25.7. The number of nitrogens with zero attached hydrogens (tertiary/aromatic N) is 3. The van der Waals surface area contributed by atoms with E-state index in [1.54, 1.807) is 18.2 Å². The predicted octanol–water partition coefficient (Wildman–Crippen LogP) is 3.94. The Bertz CT molecular complexity index is 1200. The van der Waals surface area contributed by atoms with E-state index >= 15 is 0 Å². The van der Waals surface area contributed by atoms with Gasteiger partial charge in [0, 0.05) is 24.2 Å². The molecule has 0 saturated heterocycles. The molecule has 0 bridgehead atoms. The molecule has 1 aromatic heterocycles. The van der Waals surface area contributed by atoms with E-state index in [1.807, 2.05) is 32.0 Å². The highest BCUT2D eigenvalue weighted by Crippen LogP contribution is 2.37. The number of aliphatic hydroxyl groups excluding tert-OH is 1. The highest BCUT2D eigenvalue weighted by atomic mass is 16.5. The molecular weight excluding hydrogens is 420 g/mol. The molecule has 2 N–H and O–H groups in total. The lowest BCUT2D eigenvalue weighted by Crippen LogP contribution is -2.27. The summed E-state index contributed by atoms with van der Waals surface area (Å²) in [5.41, 5.74) is 4.06. The van der Waals surface area contributed by atoms with Crippen LogP contribution in [0.5, 0.6) is 5.75 Å². The summed E-state index contributed by atoms with van der Waals surface area (Å²) in [4.78, 5) is 16.7. The molecule has 0 unspecified atom stereocenters. The molecular formula is C25H26N4O4. The number of benzene rings is 2. The lowest BCUT2D eigenvalue weighted by molar-refractivity contribution is -0.122. The minimum Gasteiger partial charge on any atom is -0.490 e. The molecule has 8 nitrogen and oxygen atoms in total. The number of aromatic nitrogens is 2. The molecule has 170 valence electrons. The molecule has 0 saturated carbocycles. The monoisotopic (exact) mass is 446 g/mol. The SMILES string of the molecule is CC(C)Oc1ccc(-c2nc(-c3cccc4c3CC[C@@H]4NC(=O)CCCO)no2)cc1C#N. The number of hydrogen-bond acceptors (Lipinski definition) is 7. The van der Waals surface area contributed by atoms with E-state index in [1.165, 1.54) is 0 Å². The fraction of sp³-hybridized carbons (Fsp3) is 0.360. The summed E-state index contributed by atoms with van der Waals surface area (Å²) >= 11 is 0. The van der Waals surface area contributed by atoms with Crippen LogP contribution in [0, 0.1) is 11.3 Å². The van der Waals surface area contributed by atoms with E-state index in [-0.39, 0.29) is 24.7 Å². The molecule has 4 rings (SSSR count). The first-order chi connectivity index (χ1) is 16.0. The summed E-state index contributed by atoms with van der Waals surface area (Å²) < 4.78 is 11.2. The minimum atomic E-state index is -0.0656. The van der Waals surface area contributed by atoms with Crippen LogP contribution in [0.4, 0.5) is 0 Å². The van der Waals surface area contributed by atoms with Gasteiger partial charge in [-0.2, -0.15) is 10.2 Å². The number of nitrogens with one attached hydrogen (secondary N) is 1. The van der Waals surface area contributed by atoms with Crippen LogP contribution >= 0.6 is 0 Å². The van der Waals surface area contributed by atoms with E-state index < -0.39 is 0 Å². The summed E-state index contributed by atoms with van der Waals surface area (Å²) in [7, 11) is 0. The molecule has 8 heteroatoms. The highest BCUT2D eigenvalue weighted by Gasteiger charge is 2.27. The van der Waals surface area contributed by atoms with E-state index in [9.17, 15) is 10.1 Å². The van der Waals surface area contributed by atoms with Crippen LogP contribution in [-0.2, 0) is 11.2 Å². The Morgan fingerprint density at radius 2 is 2.21 bits per heavy atom. The number of ether oxygens (including phenoxy) is 1. The average molecular weight is 447 g/mol. The van der Waals surface area contributed by atoms with E-state index in [4.69, 9.17) is 14.4 Å². The molecule has 33 heavy (non-hydrogen) atoms. The van der Waals surface area contributed by atoms with Crippen molar-refractivity contribution in [3.63, 3.8) is 0 Å². The van der Waals surface area contributed by atoms with E-state index in [2.05, 4.69) is 21.5 Å². The fourth-order valence-electron chi connectivity index (χ4n) is 4.08. The van der Waals surface area contributed by atoms with Crippen molar-refractivity contribution in [2.75, 3.05) is 6.61 Å². The average Bonchev–Trinajstić information content (AvgIpc) is 3.45. The number of amides is 1. The topological polar surface area (TPSA) is 121 Å². The third-order valence-electron chi connectivity index (χ3n) is 5.54. The van der Waals surface area contributed by atoms with Crippen LogP contribution in [-0.4, -0.2) is 33.9 Å². The van der Waals surface area contributed by atoms with Crippen molar-refractivity contribution in [3.8, 4) is 34.7 Å². The zero-order chi connectivity index (χ0) is 23.4. The van der Waals surface area contributed by atoms with Gasteiger partial charge in [-0.1, -0.05) is 23.4 Å². The maximum absolute atomic E-state index is 12.1. The summed E-state index contributed by atoms with van der Waals surface area (Å²) in [6.45, 7) is 3.81. The van der Waals surface area contributed by atoms with E-state index in [0.29, 0.717) is 41.4 Å².